The molecule has 5 heteroatoms. The van der Waals surface area contributed by atoms with Gasteiger partial charge >= 0.3 is 0 Å². The largest absolute Gasteiger partial charge is 0.358 e. The monoisotopic (exact) mass is 263 g/mol. The van der Waals surface area contributed by atoms with Crippen LogP contribution in [0, 0.1) is 12.7 Å². The van der Waals surface area contributed by atoms with Crippen molar-refractivity contribution in [3.63, 3.8) is 0 Å². The maximum atomic E-state index is 13.1. The van der Waals surface area contributed by atoms with E-state index in [4.69, 9.17) is 5.73 Å². The Labute approximate surface area is 111 Å². The van der Waals surface area contributed by atoms with Crippen LogP contribution in [0.3, 0.4) is 0 Å². The molecule has 2 rings (SSSR count). The third-order valence-electron chi connectivity index (χ3n) is 2.88. The topological polar surface area (TPSA) is 70.9 Å². The minimum absolute atomic E-state index is 0.200. The molecular formula is C14H18FN3O. The predicted molar refractivity (Wildman–Crippen MR) is 73.6 cm³/mol. The molecule has 1 heterocycles. The average Bonchev–Trinajstić information content (AvgIpc) is 2.60. The van der Waals surface area contributed by atoms with Crippen molar-refractivity contribution in [3.8, 4) is 0 Å². The zero-order valence-electron chi connectivity index (χ0n) is 11.3. The molecular weight excluding hydrogens is 245 g/mol. The van der Waals surface area contributed by atoms with Gasteiger partial charge in [0.15, 0.2) is 0 Å². The van der Waals surface area contributed by atoms with E-state index in [0.29, 0.717) is 28.7 Å². The molecule has 0 atom stereocenters. The van der Waals surface area contributed by atoms with E-state index >= 15 is 0 Å². The summed E-state index contributed by atoms with van der Waals surface area (Å²) in [5.41, 5.74) is 7.24. The number of H-pyrrole nitrogens is 1. The minimum Gasteiger partial charge on any atom is -0.358 e. The highest BCUT2D eigenvalue weighted by atomic mass is 19.1. The Hall–Kier alpha value is -1.88. The highest BCUT2D eigenvalue weighted by Crippen LogP contribution is 2.22. The van der Waals surface area contributed by atoms with Crippen LogP contribution in [0.5, 0.6) is 0 Å². The van der Waals surface area contributed by atoms with Crippen LogP contribution in [-0.4, -0.2) is 23.0 Å². The van der Waals surface area contributed by atoms with Crippen molar-refractivity contribution in [2.24, 2.45) is 5.73 Å². The highest BCUT2D eigenvalue weighted by molar-refractivity contribution is 6.08. The van der Waals surface area contributed by atoms with Crippen LogP contribution in [0.2, 0.25) is 0 Å². The van der Waals surface area contributed by atoms with E-state index in [1.807, 2.05) is 13.8 Å². The number of rotatable bonds is 3. The first-order valence-electron chi connectivity index (χ1n) is 6.13. The van der Waals surface area contributed by atoms with Gasteiger partial charge in [-0.3, -0.25) is 4.79 Å². The molecule has 19 heavy (non-hydrogen) atoms. The Balaban J connectivity index is 2.34. The van der Waals surface area contributed by atoms with Gasteiger partial charge in [-0.25, -0.2) is 4.39 Å². The van der Waals surface area contributed by atoms with E-state index in [9.17, 15) is 9.18 Å². The van der Waals surface area contributed by atoms with Crippen LogP contribution < -0.4 is 11.1 Å². The second-order valence-corrected chi connectivity index (χ2v) is 5.49. The van der Waals surface area contributed by atoms with Crippen molar-refractivity contribution < 1.29 is 9.18 Å². The number of nitrogens with two attached hydrogens (primary N) is 1. The van der Waals surface area contributed by atoms with Crippen LogP contribution in [-0.2, 0) is 0 Å². The summed E-state index contributed by atoms with van der Waals surface area (Å²) in [5.74, 6) is -0.530. The molecule has 0 saturated carbocycles. The van der Waals surface area contributed by atoms with Gasteiger partial charge in [0.1, 0.15) is 5.82 Å². The first-order valence-corrected chi connectivity index (χ1v) is 6.13. The molecule has 0 fully saturated rings. The van der Waals surface area contributed by atoms with Crippen LogP contribution in [0.4, 0.5) is 4.39 Å². The number of halogens is 1. The fraction of sp³-hybridized carbons (Fsp3) is 0.357. The summed E-state index contributed by atoms with van der Waals surface area (Å²) in [7, 11) is 0. The first-order chi connectivity index (χ1) is 8.78. The lowest BCUT2D eigenvalue weighted by atomic mass is 10.1. The molecule has 1 amide bonds. The molecule has 0 aliphatic heterocycles. The molecule has 1 aromatic heterocycles. The van der Waals surface area contributed by atoms with E-state index in [2.05, 4.69) is 10.3 Å². The first kappa shape index (κ1) is 13.5. The molecule has 0 aliphatic carbocycles. The molecule has 0 saturated heterocycles. The van der Waals surface area contributed by atoms with Crippen LogP contribution in [0.25, 0.3) is 10.9 Å². The van der Waals surface area contributed by atoms with Crippen molar-refractivity contribution in [1.29, 1.82) is 0 Å². The van der Waals surface area contributed by atoms with Gasteiger partial charge in [-0.2, -0.15) is 0 Å². The van der Waals surface area contributed by atoms with Crippen LogP contribution >= 0.6 is 0 Å². The Bertz CT molecular complexity index is 625. The van der Waals surface area contributed by atoms with E-state index in [-0.39, 0.29) is 11.7 Å². The molecule has 4 nitrogen and oxygen atoms in total. The fourth-order valence-corrected chi connectivity index (χ4v) is 1.99. The molecule has 0 unspecified atom stereocenters. The van der Waals surface area contributed by atoms with Gasteiger partial charge in [0.25, 0.3) is 5.91 Å². The third kappa shape index (κ3) is 2.93. The number of fused-ring (bicyclic) bond motifs is 1. The lowest BCUT2D eigenvalue weighted by Gasteiger charge is -2.18. The standard InChI is InChI=1S/C14H18FN3O/c1-8-12(13(19)17-7-14(2,3)16)10-5-4-9(15)6-11(10)18-8/h4-6,18H,7,16H2,1-3H3,(H,17,19). The normalized spacial score (nSPS) is 11.8. The van der Waals surface area contributed by atoms with Gasteiger partial charge < -0.3 is 16.0 Å². The summed E-state index contributed by atoms with van der Waals surface area (Å²) in [6.07, 6.45) is 0. The van der Waals surface area contributed by atoms with Crippen LogP contribution in [0.15, 0.2) is 18.2 Å². The second kappa shape index (κ2) is 4.66. The number of aromatic nitrogens is 1. The smallest absolute Gasteiger partial charge is 0.253 e. The number of carbonyl (C=O) groups excluding carboxylic acids is 1. The van der Waals surface area contributed by atoms with Crippen molar-refractivity contribution in [1.82, 2.24) is 10.3 Å². The Morgan fingerprint density at radius 1 is 1.47 bits per heavy atom. The SMILES string of the molecule is Cc1[nH]c2cc(F)ccc2c1C(=O)NCC(C)(C)N. The molecule has 0 spiro atoms. The lowest BCUT2D eigenvalue weighted by Crippen LogP contribution is -2.45. The number of hydrogen-bond acceptors (Lipinski definition) is 2. The van der Waals surface area contributed by atoms with Gasteiger partial charge in [0.2, 0.25) is 0 Å². The zero-order valence-corrected chi connectivity index (χ0v) is 11.3. The van der Waals surface area contributed by atoms with Crippen molar-refractivity contribution in [3.05, 3.63) is 35.3 Å². The summed E-state index contributed by atoms with van der Waals surface area (Å²) >= 11 is 0. The highest BCUT2D eigenvalue weighted by Gasteiger charge is 2.18. The van der Waals surface area contributed by atoms with E-state index in [0.717, 1.165) is 0 Å². The van der Waals surface area contributed by atoms with Gasteiger partial charge in [-0.1, -0.05) is 0 Å². The van der Waals surface area contributed by atoms with E-state index in [1.54, 1.807) is 13.0 Å². The second-order valence-electron chi connectivity index (χ2n) is 5.49. The molecule has 102 valence electrons. The Kier molecular flexibility index (Phi) is 3.32. The number of nitrogens with one attached hydrogen (secondary N) is 2. The Morgan fingerprint density at radius 2 is 2.16 bits per heavy atom. The minimum atomic E-state index is -0.470. The van der Waals surface area contributed by atoms with Crippen LogP contribution in [0.1, 0.15) is 29.9 Å². The van der Waals surface area contributed by atoms with E-state index in [1.165, 1.54) is 12.1 Å². The number of benzene rings is 1. The van der Waals surface area contributed by atoms with Gasteiger partial charge in [0.05, 0.1) is 5.56 Å². The number of aryl methyl sites for hydroxylation is 1. The molecule has 1 aromatic carbocycles. The zero-order chi connectivity index (χ0) is 14.2. The molecule has 0 aliphatic rings. The van der Waals surface area contributed by atoms with Gasteiger partial charge in [0, 0.05) is 28.7 Å². The van der Waals surface area contributed by atoms with Gasteiger partial charge in [-0.15, -0.1) is 0 Å². The van der Waals surface area contributed by atoms with Gasteiger partial charge in [-0.05, 0) is 39.0 Å². The molecule has 0 radical (unpaired) electrons. The summed E-state index contributed by atoms with van der Waals surface area (Å²) < 4.78 is 13.1. The predicted octanol–water partition coefficient (Wildman–Crippen LogP) is 2.08. The molecule has 0 bridgehead atoms. The van der Waals surface area contributed by atoms with Crippen molar-refractivity contribution in [2.75, 3.05) is 6.54 Å². The quantitative estimate of drug-likeness (QED) is 0.793. The number of amides is 1. The summed E-state index contributed by atoms with van der Waals surface area (Å²) in [6.45, 7) is 5.84. The van der Waals surface area contributed by atoms with E-state index < -0.39 is 5.54 Å². The van der Waals surface area contributed by atoms with Crippen molar-refractivity contribution in [2.45, 2.75) is 26.3 Å². The maximum absolute atomic E-state index is 13.1. The third-order valence-corrected chi connectivity index (χ3v) is 2.88. The van der Waals surface area contributed by atoms with Crippen molar-refractivity contribution >= 4 is 16.8 Å². The Morgan fingerprint density at radius 3 is 2.79 bits per heavy atom. The molecule has 2 aromatic rings. The molecule has 4 N–H and O–H groups in total. The maximum Gasteiger partial charge on any atom is 0.253 e. The summed E-state index contributed by atoms with van der Waals surface area (Å²) in [4.78, 5) is 15.2. The lowest BCUT2D eigenvalue weighted by molar-refractivity contribution is 0.0947. The summed E-state index contributed by atoms with van der Waals surface area (Å²) in [6, 6.07) is 4.34. The number of carbonyl (C=O) groups is 1. The fourth-order valence-electron chi connectivity index (χ4n) is 1.99. The number of hydrogen-bond donors (Lipinski definition) is 3. The average molecular weight is 263 g/mol. The summed E-state index contributed by atoms with van der Waals surface area (Å²) in [5, 5.41) is 3.51. The number of aromatic amines is 1.